The molecule has 1 atom stereocenters. The summed E-state index contributed by atoms with van der Waals surface area (Å²) in [4.78, 5) is 13.8. The Labute approximate surface area is 86.4 Å². The van der Waals surface area contributed by atoms with Gasteiger partial charge in [0.15, 0.2) is 0 Å². The van der Waals surface area contributed by atoms with Crippen molar-refractivity contribution in [2.24, 2.45) is 5.92 Å². The molecule has 1 unspecified atom stereocenters. The van der Waals surface area contributed by atoms with E-state index in [1.165, 1.54) is 0 Å². The van der Waals surface area contributed by atoms with Crippen LogP contribution in [0.1, 0.15) is 32.6 Å². The number of hydrogen-bond donors (Lipinski definition) is 0. The Morgan fingerprint density at radius 3 is 3.00 bits per heavy atom. The Balaban J connectivity index is 2.22. The molecule has 1 rings (SSSR count). The van der Waals surface area contributed by atoms with Crippen molar-refractivity contribution in [3.63, 3.8) is 0 Å². The lowest BCUT2D eigenvalue weighted by Gasteiger charge is -2.28. The molecule has 0 saturated carbocycles. The SMILES string of the molecule is CCCCOC(=O)C1CCCN(C)C1. The molecule has 0 amide bonds. The van der Waals surface area contributed by atoms with Crippen LogP contribution in [0, 0.1) is 5.92 Å². The zero-order valence-corrected chi connectivity index (χ0v) is 9.29. The predicted octanol–water partition coefficient (Wildman–Crippen LogP) is 1.67. The number of hydrogen-bond acceptors (Lipinski definition) is 3. The maximum absolute atomic E-state index is 11.6. The highest BCUT2D eigenvalue weighted by atomic mass is 16.5. The van der Waals surface area contributed by atoms with E-state index in [0.717, 1.165) is 38.8 Å². The maximum Gasteiger partial charge on any atom is 0.310 e. The molecule has 0 spiro atoms. The van der Waals surface area contributed by atoms with E-state index in [0.29, 0.717) is 6.61 Å². The van der Waals surface area contributed by atoms with Crippen LogP contribution in [-0.2, 0) is 9.53 Å². The van der Waals surface area contributed by atoms with Crippen molar-refractivity contribution in [2.45, 2.75) is 32.6 Å². The molecule has 1 saturated heterocycles. The number of nitrogens with zero attached hydrogens (tertiary/aromatic N) is 1. The van der Waals surface area contributed by atoms with E-state index in [1.807, 2.05) is 0 Å². The molecular formula is C11H21NO2. The van der Waals surface area contributed by atoms with Gasteiger partial charge in [-0.1, -0.05) is 13.3 Å². The molecule has 0 aromatic carbocycles. The lowest BCUT2D eigenvalue weighted by molar-refractivity contribution is -0.150. The van der Waals surface area contributed by atoms with Crippen molar-refractivity contribution in [2.75, 3.05) is 26.7 Å². The molecule has 0 aromatic heterocycles. The fourth-order valence-corrected chi connectivity index (χ4v) is 1.79. The average molecular weight is 199 g/mol. The van der Waals surface area contributed by atoms with Crippen LogP contribution in [-0.4, -0.2) is 37.6 Å². The number of carbonyl (C=O) groups excluding carboxylic acids is 1. The summed E-state index contributed by atoms with van der Waals surface area (Å²) < 4.78 is 5.20. The van der Waals surface area contributed by atoms with Gasteiger partial charge in [0, 0.05) is 6.54 Å². The molecule has 82 valence electrons. The van der Waals surface area contributed by atoms with Crippen LogP contribution in [0.5, 0.6) is 0 Å². The van der Waals surface area contributed by atoms with Crippen molar-refractivity contribution < 1.29 is 9.53 Å². The number of esters is 1. The molecule has 0 radical (unpaired) electrons. The fraction of sp³-hybridized carbons (Fsp3) is 0.909. The Hall–Kier alpha value is -0.570. The number of likely N-dealkylation sites (tertiary alicyclic amines) is 1. The Morgan fingerprint density at radius 2 is 2.36 bits per heavy atom. The van der Waals surface area contributed by atoms with Gasteiger partial charge in [-0.3, -0.25) is 4.79 Å². The average Bonchev–Trinajstić information content (AvgIpc) is 2.18. The summed E-state index contributed by atoms with van der Waals surface area (Å²) in [5.74, 6) is 0.121. The highest BCUT2D eigenvalue weighted by Gasteiger charge is 2.24. The van der Waals surface area contributed by atoms with Gasteiger partial charge in [0.2, 0.25) is 0 Å². The summed E-state index contributed by atoms with van der Waals surface area (Å²) in [7, 11) is 2.06. The summed E-state index contributed by atoms with van der Waals surface area (Å²) in [6.45, 7) is 4.67. The van der Waals surface area contributed by atoms with Crippen LogP contribution in [0.3, 0.4) is 0 Å². The first-order valence-electron chi connectivity index (χ1n) is 5.59. The van der Waals surface area contributed by atoms with Crippen molar-refractivity contribution in [1.82, 2.24) is 4.90 Å². The fourth-order valence-electron chi connectivity index (χ4n) is 1.79. The highest BCUT2D eigenvalue weighted by molar-refractivity contribution is 5.72. The molecule has 3 nitrogen and oxygen atoms in total. The summed E-state index contributed by atoms with van der Waals surface area (Å²) in [5, 5.41) is 0. The Bertz CT molecular complexity index is 182. The smallest absolute Gasteiger partial charge is 0.310 e. The number of carbonyl (C=O) groups is 1. The lowest BCUT2D eigenvalue weighted by Crippen LogP contribution is -2.36. The third kappa shape index (κ3) is 3.66. The van der Waals surface area contributed by atoms with Gasteiger partial charge in [0.25, 0.3) is 0 Å². The van der Waals surface area contributed by atoms with E-state index in [1.54, 1.807) is 0 Å². The number of unbranched alkanes of at least 4 members (excludes halogenated alkanes) is 1. The molecular weight excluding hydrogens is 178 g/mol. The second kappa shape index (κ2) is 6.02. The molecule has 1 heterocycles. The quantitative estimate of drug-likeness (QED) is 0.509. The minimum atomic E-state index is 0.00463. The van der Waals surface area contributed by atoms with Crippen LogP contribution in [0.4, 0.5) is 0 Å². The van der Waals surface area contributed by atoms with Crippen LogP contribution in [0.2, 0.25) is 0 Å². The third-order valence-electron chi connectivity index (χ3n) is 2.70. The molecule has 1 fully saturated rings. The number of piperidine rings is 1. The first-order chi connectivity index (χ1) is 6.74. The molecule has 0 aromatic rings. The van der Waals surface area contributed by atoms with Crippen molar-refractivity contribution in [1.29, 1.82) is 0 Å². The summed E-state index contributed by atoms with van der Waals surface area (Å²) >= 11 is 0. The van der Waals surface area contributed by atoms with Crippen LogP contribution < -0.4 is 0 Å². The normalized spacial score (nSPS) is 23.4. The van der Waals surface area contributed by atoms with Crippen molar-refractivity contribution in [3.05, 3.63) is 0 Å². The largest absolute Gasteiger partial charge is 0.465 e. The van der Waals surface area contributed by atoms with E-state index in [4.69, 9.17) is 4.74 Å². The number of rotatable bonds is 4. The molecule has 1 aliphatic heterocycles. The second-order valence-electron chi connectivity index (χ2n) is 4.12. The first-order valence-corrected chi connectivity index (χ1v) is 5.59. The molecule has 14 heavy (non-hydrogen) atoms. The van der Waals surface area contributed by atoms with Gasteiger partial charge in [-0.2, -0.15) is 0 Å². The third-order valence-corrected chi connectivity index (χ3v) is 2.70. The Morgan fingerprint density at radius 1 is 1.57 bits per heavy atom. The highest BCUT2D eigenvalue weighted by Crippen LogP contribution is 2.16. The van der Waals surface area contributed by atoms with Gasteiger partial charge in [0.1, 0.15) is 0 Å². The molecule has 1 aliphatic rings. The minimum absolute atomic E-state index is 0.00463. The van der Waals surface area contributed by atoms with E-state index >= 15 is 0 Å². The zero-order chi connectivity index (χ0) is 10.4. The van der Waals surface area contributed by atoms with Gasteiger partial charge in [-0.05, 0) is 32.9 Å². The van der Waals surface area contributed by atoms with Gasteiger partial charge in [0.05, 0.1) is 12.5 Å². The van der Waals surface area contributed by atoms with E-state index in [-0.39, 0.29) is 11.9 Å². The van der Waals surface area contributed by atoms with Crippen LogP contribution >= 0.6 is 0 Å². The summed E-state index contributed by atoms with van der Waals surface area (Å²) in [6, 6.07) is 0. The van der Waals surface area contributed by atoms with Crippen molar-refractivity contribution in [3.8, 4) is 0 Å². The molecule has 0 N–H and O–H groups in total. The molecule has 0 aliphatic carbocycles. The molecule has 0 bridgehead atoms. The molecule has 3 heteroatoms. The van der Waals surface area contributed by atoms with Gasteiger partial charge in [-0.25, -0.2) is 0 Å². The minimum Gasteiger partial charge on any atom is -0.465 e. The number of ether oxygens (including phenoxy) is 1. The van der Waals surface area contributed by atoms with Crippen LogP contribution in [0.25, 0.3) is 0 Å². The standard InChI is InChI=1S/C11H21NO2/c1-3-4-8-14-11(13)10-6-5-7-12(2)9-10/h10H,3-9H2,1-2H3. The van der Waals surface area contributed by atoms with E-state index in [2.05, 4.69) is 18.9 Å². The predicted molar refractivity (Wildman–Crippen MR) is 56.1 cm³/mol. The van der Waals surface area contributed by atoms with E-state index in [9.17, 15) is 4.79 Å². The van der Waals surface area contributed by atoms with Gasteiger partial charge < -0.3 is 9.64 Å². The Kier molecular flexibility index (Phi) is 4.94. The lowest BCUT2D eigenvalue weighted by atomic mass is 9.99. The monoisotopic (exact) mass is 199 g/mol. The van der Waals surface area contributed by atoms with Crippen LogP contribution in [0.15, 0.2) is 0 Å². The zero-order valence-electron chi connectivity index (χ0n) is 9.29. The second-order valence-corrected chi connectivity index (χ2v) is 4.12. The van der Waals surface area contributed by atoms with Gasteiger partial charge >= 0.3 is 5.97 Å². The van der Waals surface area contributed by atoms with Gasteiger partial charge in [-0.15, -0.1) is 0 Å². The first kappa shape index (κ1) is 11.5. The van der Waals surface area contributed by atoms with Crippen molar-refractivity contribution >= 4 is 5.97 Å². The summed E-state index contributed by atoms with van der Waals surface area (Å²) in [6.07, 6.45) is 4.17. The maximum atomic E-state index is 11.6. The summed E-state index contributed by atoms with van der Waals surface area (Å²) in [5.41, 5.74) is 0. The van der Waals surface area contributed by atoms with E-state index < -0.39 is 0 Å². The topological polar surface area (TPSA) is 29.5 Å².